The summed E-state index contributed by atoms with van der Waals surface area (Å²) in [6.45, 7) is 2.04. The predicted molar refractivity (Wildman–Crippen MR) is 85.7 cm³/mol. The zero-order chi connectivity index (χ0) is 15.8. The average molecular weight is 333 g/mol. The van der Waals surface area contributed by atoms with Crippen molar-refractivity contribution in [2.45, 2.75) is 70.8 Å². The number of rotatable bonds is 13. The van der Waals surface area contributed by atoms with Crippen molar-refractivity contribution >= 4 is 5.97 Å². The van der Waals surface area contributed by atoms with Crippen molar-refractivity contribution in [2.24, 2.45) is 0 Å². The molecule has 22 heavy (non-hydrogen) atoms. The van der Waals surface area contributed by atoms with Crippen LogP contribution in [0.15, 0.2) is 36.5 Å². The summed E-state index contributed by atoms with van der Waals surface area (Å²) in [6, 6.07) is 0. The second kappa shape index (κ2) is 19.3. The van der Waals surface area contributed by atoms with Gasteiger partial charge in [-0.15, -0.1) is 0 Å². The van der Waals surface area contributed by atoms with Crippen LogP contribution in [0, 0.1) is 0 Å². The molecule has 0 bridgehead atoms. The summed E-state index contributed by atoms with van der Waals surface area (Å²) in [7, 11) is 0. The molecule has 0 aromatic rings. The number of carbonyl (C=O) groups is 1. The minimum atomic E-state index is -0.943. The zero-order valence-electron chi connectivity index (χ0n) is 14.2. The number of allylic oxidation sites excluding steroid dienone is 4. The molecular formula is C18H29KO3. The fraction of sp³-hybridized carbons (Fsp3) is 0.611. The molecule has 0 aromatic carbocycles. The van der Waals surface area contributed by atoms with Gasteiger partial charge in [-0.2, -0.15) is 0 Å². The first-order valence-electron chi connectivity index (χ1n) is 8.03. The fourth-order valence-electron chi connectivity index (χ4n) is 1.91. The Morgan fingerprint density at radius 1 is 1.00 bits per heavy atom. The number of hydrogen-bond donors (Lipinski definition) is 1. The predicted octanol–water partition coefficient (Wildman–Crippen LogP) is 0.301. The van der Waals surface area contributed by atoms with E-state index in [0.29, 0.717) is 0 Å². The Bertz CT molecular complexity index is 335. The van der Waals surface area contributed by atoms with Crippen LogP contribution in [0.1, 0.15) is 64.7 Å². The Morgan fingerprint density at radius 3 is 2.32 bits per heavy atom. The molecule has 1 N–H and O–H groups in total. The smallest absolute Gasteiger partial charge is 0.550 e. The van der Waals surface area contributed by atoms with Gasteiger partial charge in [-0.1, -0.05) is 62.6 Å². The molecule has 0 rings (SSSR count). The van der Waals surface area contributed by atoms with Crippen LogP contribution in [-0.4, -0.2) is 17.2 Å². The Kier molecular flexibility index (Phi) is 21.6. The maximum atomic E-state index is 10.2. The molecule has 0 aliphatic rings. The van der Waals surface area contributed by atoms with E-state index >= 15 is 0 Å². The van der Waals surface area contributed by atoms with Gasteiger partial charge in [0.25, 0.3) is 0 Å². The van der Waals surface area contributed by atoms with E-state index in [0.717, 1.165) is 51.4 Å². The zero-order valence-corrected chi connectivity index (χ0v) is 17.3. The third-order valence-corrected chi connectivity index (χ3v) is 3.09. The Labute approximate surface area is 178 Å². The van der Waals surface area contributed by atoms with E-state index in [1.54, 1.807) is 12.2 Å². The van der Waals surface area contributed by atoms with Crippen LogP contribution < -0.4 is 56.5 Å². The molecule has 1 unspecified atom stereocenters. The quantitative estimate of drug-likeness (QED) is 0.300. The van der Waals surface area contributed by atoms with Crippen LogP contribution in [0.25, 0.3) is 0 Å². The average Bonchev–Trinajstić information content (AvgIpc) is 2.45. The molecule has 0 spiro atoms. The SMILES string of the molecule is CC/C=C\C(O)/C=C\C/C=C\CCCCCCCC(=O)[O-].[K+]. The molecule has 0 aliphatic carbocycles. The van der Waals surface area contributed by atoms with Gasteiger partial charge in [-0.25, -0.2) is 0 Å². The van der Waals surface area contributed by atoms with Gasteiger partial charge < -0.3 is 15.0 Å². The fourth-order valence-corrected chi connectivity index (χ4v) is 1.91. The first-order valence-corrected chi connectivity index (χ1v) is 8.03. The van der Waals surface area contributed by atoms with E-state index in [9.17, 15) is 15.0 Å². The van der Waals surface area contributed by atoms with Crippen molar-refractivity contribution in [1.29, 1.82) is 0 Å². The van der Waals surface area contributed by atoms with Crippen LogP contribution in [0.4, 0.5) is 0 Å². The third kappa shape index (κ3) is 20.3. The largest absolute Gasteiger partial charge is 1.00 e. The summed E-state index contributed by atoms with van der Waals surface area (Å²) in [5.74, 6) is -0.943. The van der Waals surface area contributed by atoms with Crippen molar-refractivity contribution in [1.82, 2.24) is 0 Å². The molecule has 0 heterocycles. The van der Waals surface area contributed by atoms with Gasteiger partial charge in [0.2, 0.25) is 0 Å². The van der Waals surface area contributed by atoms with Crippen LogP contribution in [0.5, 0.6) is 0 Å². The molecule has 0 saturated carbocycles. The number of carboxylic acid groups (broad SMARTS) is 1. The van der Waals surface area contributed by atoms with Gasteiger partial charge in [-0.05, 0) is 38.5 Å². The van der Waals surface area contributed by atoms with Crippen molar-refractivity contribution in [3.63, 3.8) is 0 Å². The van der Waals surface area contributed by atoms with Gasteiger partial charge in [0.05, 0.1) is 6.10 Å². The van der Waals surface area contributed by atoms with Crippen LogP contribution in [-0.2, 0) is 4.79 Å². The van der Waals surface area contributed by atoms with E-state index in [4.69, 9.17) is 0 Å². The number of hydrogen-bond acceptors (Lipinski definition) is 3. The number of aliphatic hydroxyl groups excluding tert-OH is 1. The number of carbonyl (C=O) groups excluding carboxylic acids is 1. The van der Waals surface area contributed by atoms with E-state index in [-0.39, 0.29) is 57.8 Å². The van der Waals surface area contributed by atoms with Gasteiger partial charge in [-0.3, -0.25) is 0 Å². The summed E-state index contributed by atoms with van der Waals surface area (Å²) in [5.41, 5.74) is 0. The number of aliphatic carboxylic acids is 1. The van der Waals surface area contributed by atoms with E-state index < -0.39 is 12.1 Å². The molecule has 0 fully saturated rings. The summed E-state index contributed by atoms with van der Waals surface area (Å²) < 4.78 is 0. The van der Waals surface area contributed by atoms with E-state index in [1.807, 2.05) is 19.1 Å². The molecule has 0 aromatic heterocycles. The first-order chi connectivity index (χ1) is 10.2. The molecule has 0 aliphatic heterocycles. The van der Waals surface area contributed by atoms with Crippen molar-refractivity contribution < 1.29 is 66.4 Å². The summed E-state index contributed by atoms with van der Waals surface area (Å²) in [5, 5.41) is 19.7. The van der Waals surface area contributed by atoms with Crippen molar-refractivity contribution in [3.05, 3.63) is 36.5 Å². The summed E-state index contributed by atoms with van der Waals surface area (Å²) >= 11 is 0. The van der Waals surface area contributed by atoms with E-state index in [1.165, 1.54) is 0 Å². The van der Waals surface area contributed by atoms with Crippen LogP contribution >= 0.6 is 0 Å². The maximum Gasteiger partial charge on any atom is 1.00 e. The number of aliphatic hydroxyl groups is 1. The van der Waals surface area contributed by atoms with Crippen molar-refractivity contribution in [3.8, 4) is 0 Å². The minimum absolute atomic E-state index is 0. The topological polar surface area (TPSA) is 60.4 Å². The van der Waals surface area contributed by atoms with Crippen LogP contribution in [0.3, 0.4) is 0 Å². The standard InChI is InChI=1S/C18H30O3.K/c1-2-3-14-17(19)15-12-10-8-6-4-5-7-9-11-13-16-18(20)21;/h3,6,8,12,14-15,17,19H,2,4-5,7,9-11,13,16H2,1H3,(H,20,21);/q;+1/p-1/b8-6-,14-3-,15-12-;. The molecule has 0 radical (unpaired) electrons. The van der Waals surface area contributed by atoms with Gasteiger partial charge in [0.1, 0.15) is 0 Å². The first kappa shape index (κ1) is 24.5. The normalized spacial score (nSPS) is 13.0. The molecule has 4 heteroatoms. The van der Waals surface area contributed by atoms with Gasteiger partial charge >= 0.3 is 51.4 Å². The molecule has 0 saturated heterocycles. The van der Waals surface area contributed by atoms with Gasteiger partial charge in [0, 0.05) is 5.97 Å². The summed E-state index contributed by atoms with van der Waals surface area (Å²) in [4.78, 5) is 10.2. The second-order valence-corrected chi connectivity index (χ2v) is 5.14. The molecule has 1 atom stereocenters. The van der Waals surface area contributed by atoms with Crippen LogP contribution in [0.2, 0.25) is 0 Å². The molecule has 0 amide bonds. The number of carboxylic acids is 1. The molecule has 3 nitrogen and oxygen atoms in total. The maximum absolute atomic E-state index is 10.2. The van der Waals surface area contributed by atoms with E-state index in [2.05, 4.69) is 12.2 Å². The monoisotopic (exact) mass is 332 g/mol. The Hall–Kier alpha value is 0.286. The molecular weight excluding hydrogens is 303 g/mol. The minimum Gasteiger partial charge on any atom is -0.550 e. The Morgan fingerprint density at radius 2 is 1.64 bits per heavy atom. The summed E-state index contributed by atoms with van der Waals surface area (Å²) in [6.07, 6.45) is 19.5. The third-order valence-electron chi connectivity index (χ3n) is 3.09. The Balaban J connectivity index is 0. The van der Waals surface area contributed by atoms with Gasteiger partial charge in [0.15, 0.2) is 0 Å². The van der Waals surface area contributed by atoms with Crippen molar-refractivity contribution in [2.75, 3.05) is 0 Å². The second-order valence-electron chi connectivity index (χ2n) is 5.14. The molecule has 120 valence electrons. The number of unbranched alkanes of at least 4 members (excludes halogenated alkanes) is 5.